The molecule has 1 fully saturated rings. The maximum atomic E-state index is 11.5. The summed E-state index contributed by atoms with van der Waals surface area (Å²) in [6, 6.07) is 5.78. The molecule has 0 unspecified atom stereocenters. The molecule has 0 saturated carbocycles. The zero-order chi connectivity index (χ0) is 17.3. The highest BCUT2D eigenvalue weighted by atomic mass is 35.7. The smallest absolute Gasteiger partial charge is 0.414 e. The predicted molar refractivity (Wildman–Crippen MR) is 77.0 cm³/mol. The van der Waals surface area contributed by atoms with Crippen molar-refractivity contribution >= 4 is 37.4 Å². The van der Waals surface area contributed by atoms with E-state index >= 15 is 0 Å². The molecule has 0 atom stereocenters. The Hall–Kier alpha value is -2.22. The number of carbonyl (C=O) groups is 2. The summed E-state index contributed by atoms with van der Waals surface area (Å²) < 4.78 is 32.2. The number of carbonyl (C=O) groups excluding carboxylic acids is 2. The van der Waals surface area contributed by atoms with Crippen LogP contribution < -0.4 is 0 Å². The van der Waals surface area contributed by atoms with Crippen molar-refractivity contribution in [3.05, 3.63) is 35.4 Å². The molecule has 1 aliphatic rings. The van der Waals surface area contributed by atoms with Gasteiger partial charge in [-0.2, -0.15) is 4.79 Å². The molecular formula is C13H11ClN2O6S. The second-order valence-corrected chi connectivity index (χ2v) is 7.51. The molecule has 10 heteroatoms. The highest BCUT2D eigenvalue weighted by molar-refractivity contribution is 8.13. The molecule has 2 rings (SSSR count). The van der Waals surface area contributed by atoms with Crippen LogP contribution in [0.15, 0.2) is 29.2 Å². The summed E-state index contributed by atoms with van der Waals surface area (Å²) in [5, 5.41) is 0. The summed E-state index contributed by atoms with van der Waals surface area (Å²) in [6.07, 6.45) is 0.474. The fourth-order valence-electron chi connectivity index (χ4n) is 1.97. The van der Waals surface area contributed by atoms with Crippen LogP contribution in [0.2, 0.25) is 0 Å². The largest absolute Gasteiger partial charge is 0.482 e. The molecule has 1 aromatic rings. The van der Waals surface area contributed by atoms with Gasteiger partial charge in [0.05, 0.1) is 4.90 Å². The van der Waals surface area contributed by atoms with Crippen LogP contribution in [0, 0.1) is 0 Å². The van der Waals surface area contributed by atoms with Crippen LogP contribution in [0.1, 0.15) is 18.9 Å². The van der Waals surface area contributed by atoms with Crippen LogP contribution in [-0.4, -0.2) is 36.6 Å². The Morgan fingerprint density at radius 1 is 1.17 bits per heavy atom. The first kappa shape index (κ1) is 17.1. The molecule has 0 aromatic heterocycles. The summed E-state index contributed by atoms with van der Waals surface area (Å²) in [5.41, 5.74) is 8.43. The van der Waals surface area contributed by atoms with E-state index in [1.54, 1.807) is 12.1 Å². The van der Waals surface area contributed by atoms with Gasteiger partial charge in [0, 0.05) is 24.0 Å². The van der Waals surface area contributed by atoms with Gasteiger partial charge in [0.1, 0.15) is 0 Å². The number of hydrogen-bond donors (Lipinski definition) is 0. The topological polar surface area (TPSA) is 123 Å². The molecule has 8 nitrogen and oxygen atoms in total. The van der Waals surface area contributed by atoms with Crippen LogP contribution in [0.4, 0.5) is 0 Å². The summed E-state index contributed by atoms with van der Waals surface area (Å²) in [4.78, 5) is 25.5. The van der Waals surface area contributed by atoms with Crippen LogP contribution in [-0.2, 0) is 34.5 Å². The zero-order valence-corrected chi connectivity index (χ0v) is 13.4. The normalized spacial score (nSPS) is 21.4. The van der Waals surface area contributed by atoms with Crippen molar-refractivity contribution in [3.63, 3.8) is 0 Å². The number of aryl methyl sites for hydroxylation is 1. The van der Waals surface area contributed by atoms with E-state index in [0.717, 1.165) is 5.56 Å². The molecule has 23 heavy (non-hydrogen) atoms. The quantitative estimate of drug-likeness (QED) is 0.343. The van der Waals surface area contributed by atoms with Gasteiger partial charge in [-0.15, -0.1) is 0 Å². The third-order valence-corrected chi connectivity index (χ3v) is 4.55. The van der Waals surface area contributed by atoms with E-state index < -0.39 is 32.5 Å². The van der Waals surface area contributed by atoms with E-state index in [1.807, 2.05) is 0 Å². The van der Waals surface area contributed by atoms with Crippen LogP contribution >= 0.6 is 10.7 Å². The van der Waals surface area contributed by atoms with Gasteiger partial charge in [-0.1, -0.05) is 12.1 Å². The van der Waals surface area contributed by atoms with Gasteiger partial charge >= 0.3 is 17.7 Å². The Morgan fingerprint density at radius 2 is 1.70 bits per heavy atom. The summed E-state index contributed by atoms with van der Waals surface area (Å²) in [5.74, 6) is -3.65. The van der Waals surface area contributed by atoms with E-state index in [9.17, 15) is 18.0 Å². The number of benzene rings is 1. The van der Waals surface area contributed by atoms with Crippen molar-refractivity contribution < 1.29 is 32.3 Å². The van der Waals surface area contributed by atoms with E-state index in [-0.39, 0.29) is 11.3 Å². The lowest BCUT2D eigenvalue weighted by Crippen LogP contribution is -2.49. The van der Waals surface area contributed by atoms with Gasteiger partial charge in [-0.3, -0.25) is 0 Å². The maximum absolute atomic E-state index is 11.5. The summed E-state index contributed by atoms with van der Waals surface area (Å²) in [7, 11) is 1.42. The lowest BCUT2D eigenvalue weighted by atomic mass is 10.0. The number of nitrogens with zero attached hydrogens (tertiary/aromatic N) is 2. The molecule has 0 amide bonds. The van der Waals surface area contributed by atoms with Crippen molar-refractivity contribution in [1.82, 2.24) is 0 Å². The van der Waals surface area contributed by atoms with Gasteiger partial charge in [0.15, 0.2) is 0 Å². The van der Waals surface area contributed by atoms with Crippen LogP contribution in [0.25, 0.3) is 5.53 Å². The minimum absolute atomic E-state index is 0.0338. The molecular weight excluding hydrogens is 348 g/mol. The lowest BCUT2D eigenvalue weighted by Gasteiger charge is -2.30. The van der Waals surface area contributed by atoms with Crippen LogP contribution in [0.3, 0.4) is 0 Å². The Bertz CT molecular complexity index is 791. The van der Waals surface area contributed by atoms with E-state index in [2.05, 4.69) is 4.79 Å². The molecule has 122 valence electrons. The molecule has 0 N–H and O–H groups in total. The molecule has 0 radical (unpaired) electrons. The van der Waals surface area contributed by atoms with Crippen molar-refractivity contribution in [2.45, 2.75) is 30.4 Å². The lowest BCUT2D eigenvalue weighted by molar-refractivity contribution is -0.229. The average Bonchev–Trinajstić information content (AvgIpc) is 2.44. The van der Waals surface area contributed by atoms with Gasteiger partial charge in [0.25, 0.3) is 14.8 Å². The van der Waals surface area contributed by atoms with Gasteiger partial charge in [0.2, 0.25) is 0 Å². The van der Waals surface area contributed by atoms with Crippen molar-refractivity contribution in [3.8, 4) is 0 Å². The van der Waals surface area contributed by atoms with Gasteiger partial charge in [-0.25, -0.2) is 18.0 Å². The minimum Gasteiger partial charge on any atom is -0.414 e. The average molecular weight is 359 g/mol. The number of ether oxygens (including phenoxy) is 2. The van der Waals surface area contributed by atoms with Crippen molar-refractivity contribution in [2.24, 2.45) is 0 Å². The summed E-state index contributed by atoms with van der Waals surface area (Å²) in [6.45, 7) is 1.40. The Morgan fingerprint density at radius 3 is 2.13 bits per heavy atom. The first-order valence-electron chi connectivity index (χ1n) is 6.37. The third kappa shape index (κ3) is 3.95. The first-order valence-corrected chi connectivity index (χ1v) is 8.68. The standard InChI is InChI=1S/C13H11ClN2O6S/c1-13(21-11(17)10(16-15)12(18)22-13)7-6-8-2-4-9(5-3-8)23(14,19)20/h2-5H,6-7H2,1H3. The summed E-state index contributed by atoms with van der Waals surface area (Å²) >= 11 is 0. The fraction of sp³-hybridized carbons (Fsp3) is 0.308. The second kappa shape index (κ2) is 6.11. The third-order valence-electron chi connectivity index (χ3n) is 3.18. The molecule has 0 bridgehead atoms. The van der Waals surface area contributed by atoms with Crippen molar-refractivity contribution in [2.75, 3.05) is 0 Å². The highest BCUT2D eigenvalue weighted by Gasteiger charge is 2.48. The monoisotopic (exact) mass is 358 g/mol. The van der Waals surface area contributed by atoms with Gasteiger partial charge in [-0.05, 0) is 24.1 Å². The second-order valence-electron chi connectivity index (χ2n) is 4.94. The van der Waals surface area contributed by atoms with E-state index in [0.29, 0.717) is 6.42 Å². The Labute approximate surface area is 136 Å². The maximum Gasteiger partial charge on any atom is 0.482 e. The molecule has 1 heterocycles. The molecule has 0 aliphatic carbocycles. The fourth-order valence-corrected chi connectivity index (χ4v) is 2.74. The number of cyclic esters (lactones) is 2. The number of esters is 2. The zero-order valence-electron chi connectivity index (χ0n) is 11.9. The predicted octanol–water partition coefficient (Wildman–Crippen LogP) is 1.03. The van der Waals surface area contributed by atoms with Gasteiger partial charge < -0.3 is 15.0 Å². The highest BCUT2D eigenvalue weighted by Crippen LogP contribution is 2.25. The first-order chi connectivity index (χ1) is 10.6. The molecule has 0 spiro atoms. The Balaban J connectivity index is 2.07. The number of rotatable bonds is 4. The number of hydrogen-bond acceptors (Lipinski definition) is 6. The minimum atomic E-state index is -3.79. The molecule has 1 saturated heterocycles. The van der Waals surface area contributed by atoms with E-state index in [4.69, 9.17) is 25.7 Å². The van der Waals surface area contributed by atoms with Crippen LogP contribution in [0.5, 0.6) is 0 Å². The van der Waals surface area contributed by atoms with Crippen molar-refractivity contribution in [1.29, 1.82) is 0 Å². The SMILES string of the molecule is CC1(CCc2ccc(S(=O)(=O)Cl)cc2)OC(=O)C(=[N+]=[N-])C(=O)O1. The molecule has 1 aromatic carbocycles. The Kier molecular flexibility index (Phi) is 4.56. The number of halogens is 1. The molecule has 1 aliphatic heterocycles. The van der Waals surface area contributed by atoms with E-state index in [1.165, 1.54) is 19.1 Å².